The van der Waals surface area contributed by atoms with Gasteiger partial charge < -0.3 is 5.11 Å². The van der Waals surface area contributed by atoms with E-state index in [-0.39, 0.29) is 17.6 Å². The number of allylic oxidation sites excluding steroid dienone is 7. The van der Waals surface area contributed by atoms with Crippen LogP contribution in [0.25, 0.3) is 0 Å². The van der Waals surface area contributed by atoms with Gasteiger partial charge in [0.05, 0.1) is 5.60 Å². The number of ketones is 1. The van der Waals surface area contributed by atoms with Crippen molar-refractivity contribution in [3.05, 3.63) is 59.3 Å². The molecule has 0 saturated heterocycles. The van der Waals surface area contributed by atoms with Crippen molar-refractivity contribution in [2.45, 2.75) is 78.7 Å². The van der Waals surface area contributed by atoms with E-state index in [1.807, 2.05) is 6.08 Å². The number of rotatable bonds is 4. The van der Waals surface area contributed by atoms with Gasteiger partial charge in [-0.05, 0) is 86.3 Å². The Morgan fingerprint density at radius 1 is 1.23 bits per heavy atom. The van der Waals surface area contributed by atoms with Gasteiger partial charge in [0, 0.05) is 11.8 Å². The van der Waals surface area contributed by atoms with Crippen molar-refractivity contribution in [3.63, 3.8) is 0 Å². The van der Waals surface area contributed by atoms with E-state index in [2.05, 4.69) is 59.4 Å². The molecule has 0 amide bonds. The topological polar surface area (TPSA) is 37.3 Å². The molecule has 2 nitrogen and oxygen atoms in total. The molecule has 0 unspecified atom stereocenters. The van der Waals surface area contributed by atoms with Crippen molar-refractivity contribution >= 4 is 5.78 Å². The summed E-state index contributed by atoms with van der Waals surface area (Å²) in [5.74, 6) is 1.62. The summed E-state index contributed by atoms with van der Waals surface area (Å²) in [6, 6.07) is 0. The minimum Gasteiger partial charge on any atom is -0.388 e. The van der Waals surface area contributed by atoms with Gasteiger partial charge in [-0.1, -0.05) is 62.8 Å². The second-order valence-corrected chi connectivity index (χ2v) is 10.9. The van der Waals surface area contributed by atoms with E-state index in [0.29, 0.717) is 24.2 Å². The average molecular weight is 407 g/mol. The van der Waals surface area contributed by atoms with Crippen molar-refractivity contribution in [1.29, 1.82) is 0 Å². The third-order valence-corrected chi connectivity index (χ3v) is 9.16. The summed E-state index contributed by atoms with van der Waals surface area (Å²) in [7, 11) is 0. The van der Waals surface area contributed by atoms with Gasteiger partial charge in [0.1, 0.15) is 0 Å². The molecule has 162 valence electrons. The number of carbonyl (C=O) groups excluding carboxylic acids is 1. The van der Waals surface area contributed by atoms with Crippen molar-refractivity contribution in [1.82, 2.24) is 0 Å². The first-order valence-corrected chi connectivity index (χ1v) is 11.7. The minimum absolute atomic E-state index is 0.0596. The Kier molecular flexibility index (Phi) is 5.17. The maximum absolute atomic E-state index is 12.0. The highest BCUT2D eigenvalue weighted by Crippen LogP contribution is 2.63. The van der Waals surface area contributed by atoms with Crippen LogP contribution in [0.5, 0.6) is 0 Å². The maximum Gasteiger partial charge on any atom is 0.158 e. The lowest BCUT2D eigenvalue weighted by Gasteiger charge is -2.54. The molecule has 6 atom stereocenters. The third-order valence-electron chi connectivity index (χ3n) is 9.16. The molecule has 0 bridgehead atoms. The molecule has 0 spiro atoms. The predicted octanol–water partition coefficient (Wildman–Crippen LogP) is 6.49. The molecule has 1 N–H and O–H groups in total. The minimum atomic E-state index is -0.918. The van der Waals surface area contributed by atoms with Gasteiger partial charge in [0.25, 0.3) is 0 Å². The van der Waals surface area contributed by atoms with Crippen LogP contribution in [0, 0.1) is 28.6 Å². The van der Waals surface area contributed by atoms with E-state index in [4.69, 9.17) is 0 Å². The molecule has 0 aromatic carbocycles. The number of hydrogen-bond acceptors (Lipinski definition) is 2. The summed E-state index contributed by atoms with van der Waals surface area (Å²) < 4.78 is 0. The lowest BCUT2D eigenvalue weighted by molar-refractivity contribution is -0.127. The second kappa shape index (κ2) is 7.19. The highest BCUT2D eigenvalue weighted by molar-refractivity contribution is 5.92. The Hall–Kier alpha value is -1.67. The van der Waals surface area contributed by atoms with Crippen LogP contribution in [0.3, 0.4) is 0 Å². The van der Waals surface area contributed by atoms with Crippen molar-refractivity contribution in [2.24, 2.45) is 28.6 Å². The monoisotopic (exact) mass is 406 g/mol. The molecule has 0 radical (unpaired) electrons. The number of hydrogen-bond donors (Lipinski definition) is 1. The molecule has 4 rings (SSSR count). The Morgan fingerprint density at radius 2 is 1.97 bits per heavy atom. The summed E-state index contributed by atoms with van der Waals surface area (Å²) in [6.07, 6.45) is 16.1. The van der Waals surface area contributed by atoms with Gasteiger partial charge in [-0.3, -0.25) is 4.79 Å². The van der Waals surface area contributed by atoms with Gasteiger partial charge in [-0.15, -0.1) is 0 Å². The zero-order valence-corrected chi connectivity index (χ0v) is 19.4. The zero-order valence-electron chi connectivity index (χ0n) is 19.4. The summed E-state index contributed by atoms with van der Waals surface area (Å²) in [5.41, 5.74) is 4.51. The molecule has 4 aliphatic rings. The standard InChI is InChI=1S/C28H38O2/c1-18(2)19(3)7-8-20(4)23-9-10-24-22-12-16-28(30)17-21(29)11-15-27(28,6)25(22)13-14-26(23,24)5/h7-8,10-11,15,19-20,23,30H,1,9,12-14,16-17H2,2-6H3/b8-7+/t19-,20-,23-,26-,27-,28-/m1/s1. The van der Waals surface area contributed by atoms with Gasteiger partial charge in [0.2, 0.25) is 0 Å². The number of carbonyl (C=O) groups is 1. The first kappa shape index (κ1) is 21.6. The summed E-state index contributed by atoms with van der Waals surface area (Å²) in [4.78, 5) is 12.0. The van der Waals surface area contributed by atoms with E-state index in [0.717, 1.165) is 25.7 Å². The van der Waals surface area contributed by atoms with Crippen LogP contribution in [0.2, 0.25) is 0 Å². The second-order valence-electron chi connectivity index (χ2n) is 10.9. The summed E-state index contributed by atoms with van der Waals surface area (Å²) in [5, 5.41) is 11.4. The van der Waals surface area contributed by atoms with Gasteiger partial charge >= 0.3 is 0 Å². The smallest absolute Gasteiger partial charge is 0.158 e. The number of fused-ring (bicyclic) bond motifs is 4. The van der Waals surface area contributed by atoms with Crippen molar-refractivity contribution < 1.29 is 9.90 Å². The van der Waals surface area contributed by atoms with Gasteiger partial charge in [-0.2, -0.15) is 0 Å². The SMILES string of the molecule is C=C(C)[C@H](C)/C=C/[C@@H](C)[C@H]1CC=C2C3=C(CC[C@@]21C)[C@@]1(C)C=CC(=O)C[C@]1(O)CC3. The molecule has 0 fully saturated rings. The van der Waals surface area contributed by atoms with E-state index in [1.54, 1.807) is 6.08 Å². The fraction of sp³-hybridized carbons (Fsp3) is 0.607. The molecule has 4 aliphatic carbocycles. The molecule has 0 aliphatic heterocycles. The molecule has 0 aromatic heterocycles. The zero-order chi connectivity index (χ0) is 21.9. The molecular formula is C28H38O2. The lowest BCUT2D eigenvalue weighted by Crippen LogP contribution is -2.53. The summed E-state index contributed by atoms with van der Waals surface area (Å²) >= 11 is 0. The molecular weight excluding hydrogens is 368 g/mol. The molecule has 0 aromatic rings. The fourth-order valence-electron chi connectivity index (χ4n) is 6.72. The average Bonchev–Trinajstić information content (AvgIpc) is 3.04. The van der Waals surface area contributed by atoms with Crippen LogP contribution in [-0.2, 0) is 4.79 Å². The van der Waals surface area contributed by atoms with Crippen LogP contribution < -0.4 is 0 Å². The molecule has 0 saturated carbocycles. The van der Waals surface area contributed by atoms with Gasteiger partial charge in [-0.25, -0.2) is 0 Å². The Balaban J connectivity index is 1.65. The van der Waals surface area contributed by atoms with E-state index in [9.17, 15) is 9.90 Å². The Bertz CT molecular complexity index is 900. The molecule has 0 heterocycles. The Labute approximate surface area is 182 Å². The first-order chi connectivity index (χ1) is 14.0. The van der Waals surface area contributed by atoms with Crippen LogP contribution in [0.1, 0.15) is 73.1 Å². The van der Waals surface area contributed by atoms with Crippen LogP contribution in [0.4, 0.5) is 0 Å². The maximum atomic E-state index is 12.0. The van der Waals surface area contributed by atoms with Crippen LogP contribution in [-0.4, -0.2) is 16.5 Å². The van der Waals surface area contributed by atoms with Crippen molar-refractivity contribution in [2.75, 3.05) is 0 Å². The van der Waals surface area contributed by atoms with E-state index < -0.39 is 11.0 Å². The largest absolute Gasteiger partial charge is 0.388 e. The van der Waals surface area contributed by atoms with E-state index >= 15 is 0 Å². The predicted molar refractivity (Wildman–Crippen MR) is 124 cm³/mol. The van der Waals surface area contributed by atoms with Crippen molar-refractivity contribution in [3.8, 4) is 0 Å². The third kappa shape index (κ3) is 3.06. The highest BCUT2D eigenvalue weighted by Gasteiger charge is 2.57. The molecule has 30 heavy (non-hydrogen) atoms. The molecule has 2 heteroatoms. The fourth-order valence-corrected chi connectivity index (χ4v) is 6.72. The lowest BCUT2D eigenvalue weighted by atomic mass is 9.51. The first-order valence-electron chi connectivity index (χ1n) is 11.7. The quantitative estimate of drug-likeness (QED) is 0.542. The summed E-state index contributed by atoms with van der Waals surface area (Å²) in [6.45, 7) is 15.4. The number of aliphatic hydroxyl groups is 1. The van der Waals surface area contributed by atoms with Crippen LogP contribution in [0.15, 0.2) is 59.3 Å². The highest BCUT2D eigenvalue weighted by atomic mass is 16.3. The van der Waals surface area contributed by atoms with E-state index in [1.165, 1.54) is 22.3 Å². The Morgan fingerprint density at radius 3 is 2.67 bits per heavy atom. The normalized spacial score (nSPS) is 40.0. The van der Waals surface area contributed by atoms with Gasteiger partial charge in [0.15, 0.2) is 5.78 Å². The van der Waals surface area contributed by atoms with Crippen LogP contribution >= 0.6 is 0 Å².